The van der Waals surface area contributed by atoms with Gasteiger partial charge in [-0.25, -0.2) is 9.79 Å². The lowest BCUT2D eigenvalue weighted by Crippen LogP contribution is -2.58. The van der Waals surface area contributed by atoms with Gasteiger partial charge in [-0.3, -0.25) is 4.90 Å². The standard InChI is InChI=1S/C15H18BrN5O2/c16-11-9(12(22)23)5-4-6-10(11)21-14(18)19-13(17)20-15(21)7-2-1-3-8-15/h4-6H,1-3,7-8H2,(H,22,23)(H4,17,18,19,20). The van der Waals surface area contributed by atoms with Crippen LogP contribution in [0.1, 0.15) is 42.5 Å². The number of carbonyl (C=O) groups is 1. The number of aliphatic imine (C=N–C) groups is 2. The highest BCUT2D eigenvalue weighted by Gasteiger charge is 2.43. The number of carboxylic acids is 1. The molecule has 0 aromatic heterocycles. The molecule has 1 spiro atoms. The summed E-state index contributed by atoms with van der Waals surface area (Å²) in [4.78, 5) is 21.9. The summed E-state index contributed by atoms with van der Waals surface area (Å²) in [5.41, 5.74) is 12.2. The molecule has 23 heavy (non-hydrogen) atoms. The molecule has 0 radical (unpaired) electrons. The van der Waals surface area contributed by atoms with E-state index in [-0.39, 0.29) is 17.5 Å². The van der Waals surface area contributed by atoms with Gasteiger partial charge in [-0.1, -0.05) is 12.5 Å². The van der Waals surface area contributed by atoms with Crippen LogP contribution in [0, 0.1) is 0 Å². The van der Waals surface area contributed by atoms with Gasteiger partial charge < -0.3 is 16.6 Å². The average Bonchev–Trinajstić information content (AvgIpc) is 2.48. The Morgan fingerprint density at radius 2 is 1.96 bits per heavy atom. The second-order valence-corrected chi connectivity index (χ2v) is 6.56. The van der Waals surface area contributed by atoms with Gasteiger partial charge in [0.05, 0.1) is 15.7 Å². The molecule has 1 saturated carbocycles. The number of halogens is 1. The van der Waals surface area contributed by atoms with Gasteiger partial charge in [0.1, 0.15) is 5.66 Å². The third-order valence-corrected chi connectivity index (χ3v) is 5.13. The topological polar surface area (TPSA) is 117 Å². The van der Waals surface area contributed by atoms with Gasteiger partial charge in [-0.15, -0.1) is 0 Å². The molecule has 1 aliphatic heterocycles. The van der Waals surface area contributed by atoms with Crippen LogP contribution in [0.3, 0.4) is 0 Å². The van der Waals surface area contributed by atoms with Crippen LogP contribution in [-0.4, -0.2) is 28.7 Å². The van der Waals surface area contributed by atoms with Gasteiger partial charge in [-0.05, 0) is 53.7 Å². The summed E-state index contributed by atoms with van der Waals surface area (Å²) in [6, 6.07) is 5.04. The van der Waals surface area contributed by atoms with E-state index in [4.69, 9.17) is 11.5 Å². The van der Waals surface area contributed by atoms with Gasteiger partial charge >= 0.3 is 5.97 Å². The predicted molar refractivity (Wildman–Crippen MR) is 92.6 cm³/mol. The van der Waals surface area contributed by atoms with Crippen molar-refractivity contribution in [2.45, 2.75) is 37.8 Å². The van der Waals surface area contributed by atoms with Crippen molar-refractivity contribution in [3.05, 3.63) is 28.2 Å². The molecule has 0 bridgehead atoms. The van der Waals surface area contributed by atoms with Crippen LogP contribution in [0.15, 0.2) is 32.7 Å². The van der Waals surface area contributed by atoms with Crippen LogP contribution in [0.25, 0.3) is 0 Å². The number of aromatic carboxylic acids is 1. The fourth-order valence-electron chi connectivity index (χ4n) is 3.33. The summed E-state index contributed by atoms with van der Waals surface area (Å²) < 4.78 is 0.464. The molecule has 0 unspecified atom stereocenters. The molecule has 0 amide bonds. The fraction of sp³-hybridized carbons (Fsp3) is 0.400. The number of benzene rings is 1. The van der Waals surface area contributed by atoms with Crippen molar-refractivity contribution < 1.29 is 9.90 Å². The summed E-state index contributed by atoms with van der Waals surface area (Å²) >= 11 is 3.40. The Bertz CT molecular complexity index is 710. The SMILES string of the molecule is NC1=NC2(CCCCC2)N(c2cccc(C(=O)O)c2Br)C(N)=N1. The lowest BCUT2D eigenvalue weighted by Gasteiger charge is -2.46. The first-order valence-electron chi connectivity index (χ1n) is 7.46. The number of nitrogens with zero attached hydrogens (tertiary/aromatic N) is 3. The second kappa shape index (κ2) is 5.84. The van der Waals surface area contributed by atoms with E-state index < -0.39 is 11.6 Å². The van der Waals surface area contributed by atoms with Gasteiger partial charge in [0.2, 0.25) is 11.9 Å². The van der Waals surface area contributed by atoms with E-state index in [1.54, 1.807) is 12.1 Å². The molecule has 122 valence electrons. The molecule has 1 aromatic rings. The van der Waals surface area contributed by atoms with Gasteiger partial charge in [0, 0.05) is 0 Å². The number of carboxylic acid groups (broad SMARTS) is 1. The van der Waals surface area contributed by atoms with Gasteiger partial charge in [0.15, 0.2) is 0 Å². The summed E-state index contributed by atoms with van der Waals surface area (Å²) in [6.45, 7) is 0. The zero-order valence-electron chi connectivity index (χ0n) is 12.5. The van der Waals surface area contributed by atoms with E-state index in [0.717, 1.165) is 32.1 Å². The maximum absolute atomic E-state index is 11.4. The molecule has 3 rings (SSSR count). The van der Waals surface area contributed by atoms with Crippen LogP contribution in [0.4, 0.5) is 5.69 Å². The Morgan fingerprint density at radius 3 is 2.61 bits per heavy atom. The Balaban J connectivity index is 2.15. The van der Waals surface area contributed by atoms with Crippen molar-refractivity contribution in [3.63, 3.8) is 0 Å². The first-order valence-corrected chi connectivity index (χ1v) is 8.25. The highest BCUT2D eigenvalue weighted by atomic mass is 79.9. The number of anilines is 1. The van der Waals surface area contributed by atoms with Crippen LogP contribution >= 0.6 is 15.9 Å². The predicted octanol–water partition coefficient (Wildman–Crippen LogP) is 2.26. The number of guanidine groups is 2. The molecule has 0 atom stereocenters. The summed E-state index contributed by atoms with van der Waals surface area (Å²) in [5.74, 6) is -0.597. The Labute approximate surface area is 142 Å². The minimum atomic E-state index is -1.01. The van der Waals surface area contributed by atoms with E-state index in [2.05, 4.69) is 25.9 Å². The lowest BCUT2D eigenvalue weighted by molar-refractivity contribution is 0.0696. The number of nitrogens with two attached hydrogens (primary N) is 2. The molecule has 1 fully saturated rings. The van der Waals surface area contributed by atoms with Crippen molar-refractivity contribution in [1.29, 1.82) is 0 Å². The lowest BCUT2D eigenvalue weighted by atomic mass is 9.87. The summed E-state index contributed by atoms with van der Waals surface area (Å²) in [6.07, 6.45) is 4.76. The van der Waals surface area contributed by atoms with E-state index in [0.29, 0.717) is 10.2 Å². The zero-order chi connectivity index (χ0) is 16.6. The van der Waals surface area contributed by atoms with Crippen LogP contribution in [0.5, 0.6) is 0 Å². The molecule has 1 heterocycles. The Kier molecular flexibility index (Phi) is 4.01. The maximum Gasteiger partial charge on any atom is 0.336 e. The molecule has 2 aliphatic rings. The molecular formula is C15H18BrN5O2. The van der Waals surface area contributed by atoms with E-state index in [1.165, 1.54) is 0 Å². The highest BCUT2D eigenvalue weighted by Crippen LogP contribution is 2.42. The monoisotopic (exact) mass is 379 g/mol. The fourth-order valence-corrected chi connectivity index (χ4v) is 3.94. The van der Waals surface area contributed by atoms with Crippen LogP contribution in [-0.2, 0) is 0 Å². The Morgan fingerprint density at radius 1 is 1.26 bits per heavy atom. The maximum atomic E-state index is 11.4. The molecule has 1 aromatic carbocycles. The minimum absolute atomic E-state index is 0.170. The van der Waals surface area contributed by atoms with Crippen molar-refractivity contribution in [1.82, 2.24) is 0 Å². The van der Waals surface area contributed by atoms with Crippen molar-refractivity contribution in [2.75, 3.05) is 4.90 Å². The zero-order valence-corrected chi connectivity index (χ0v) is 14.1. The van der Waals surface area contributed by atoms with E-state index in [1.807, 2.05) is 11.0 Å². The first kappa shape index (κ1) is 15.8. The smallest absolute Gasteiger partial charge is 0.336 e. The van der Waals surface area contributed by atoms with Crippen molar-refractivity contribution in [3.8, 4) is 0 Å². The largest absolute Gasteiger partial charge is 0.478 e. The molecule has 1 aliphatic carbocycles. The second-order valence-electron chi connectivity index (χ2n) is 5.76. The molecule has 5 N–H and O–H groups in total. The number of hydrogen-bond donors (Lipinski definition) is 3. The van der Waals surface area contributed by atoms with E-state index >= 15 is 0 Å². The van der Waals surface area contributed by atoms with E-state index in [9.17, 15) is 9.90 Å². The van der Waals surface area contributed by atoms with Gasteiger partial charge in [-0.2, -0.15) is 4.99 Å². The average molecular weight is 380 g/mol. The molecule has 7 nitrogen and oxygen atoms in total. The summed E-state index contributed by atoms with van der Waals surface area (Å²) in [7, 11) is 0. The quantitative estimate of drug-likeness (QED) is 0.728. The highest BCUT2D eigenvalue weighted by molar-refractivity contribution is 9.10. The van der Waals surface area contributed by atoms with Gasteiger partial charge in [0.25, 0.3) is 0 Å². The summed E-state index contributed by atoms with van der Waals surface area (Å²) in [5, 5.41) is 9.34. The third kappa shape index (κ3) is 2.67. The number of hydrogen-bond acceptors (Lipinski definition) is 6. The normalized spacial score (nSPS) is 20.1. The first-order chi connectivity index (χ1) is 10.9. The molecular weight excluding hydrogens is 362 g/mol. The third-order valence-electron chi connectivity index (χ3n) is 4.30. The molecule has 0 saturated heterocycles. The molecule has 8 heteroatoms. The van der Waals surface area contributed by atoms with Crippen LogP contribution < -0.4 is 16.4 Å². The van der Waals surface area contributed by atoms with Crippen molar-refractivity contribution in [2.24, 2.45) is 21.5 Å². The Hall–Kier alpha value is -2.09. The minimum Gasteiger partial charge on any atom is -0.478 e. The van der Waals surface area contributed by atoms with Crippen molar-refractivity contribution >= 4 is 39.5 Å². The number of rotatable bonds is 2. The van der Waals surface area contributed by atoms with Crippen LogP contribution in [0.2, 0.25) is 0 Å².